The molecule has 1 aromatic rings. The molecule has 1 aromatic heterocycles. The smallest absolute Gasteiger partial charge is 0.323 e. The molecule has 0 bridgehead atoms. The normalized spacial score (nSPS) is 19.3. The Kier molecular flexibility index (Phi) is 5.45. The lowest BCUT2D eigenvalue weighted by Gasteiger charge is -2.32. The quantitative estimate of drug-likeness (QED) is 0.927. The van der Waals surface area contributed by atoms with Crippen LogP contribution in [0.5, 0.6) is 0 Å². The van der Waals surface area contributed by atoms with E-state index in [1.165, 1.54) is 0 Å². The van der Waals surface area contributed by atoms with Gasteiger partial charge in [-0.2, -0.15) is 0 Å². The van der Waals surface area contributed by atoms with E-state index < -0.39 is 0 Å². The number of carbonyl (C=O) groups excluding carboxylic acids is 1. The Hall–Kier alpha value is -1.56. The van der Waals surface area contributed by atoms with Crippen LogP contribution in [0.15, 0.2) is 10.6 Å². The predicted molar refractivity (Wildman–Crippen MR) is 85.0 cm³/mol. The Morgan fingerprint density at radius 3 is 2.95 bits per heavy atom. The lowest BCUT2D eigenvalue weighted by molar-refractivity contribution is 0.0777. The summed E-state index contributed by atoms with van der Waals surface area (Å²) in [6.07, 6.45) is 2.12. The zero-order valence-corrected chi connectivity index (χ0v) is 14.0. The first-order valence-corrected chi connectivity index (χ1v) is 8.01. The summed E-state index contributed by atoms with van der Waals surface area (Å²) in [5, 5.41) is 6.75. The highest BCUT2D eigenvalue weighted by Gasteiger charge is 2.25. The molecule has 1 unspecified atom stereocenters. The average Bonchev–Trinajstić information content (AvgIpc) is 2.94. The molecule has 0 spiro atoms. The number of nitrogens with one attached hydrogen (secondary N) is 1. The maximum Gasteiger partial charge on any atom is 0.323 e. The van der Waals surface area contributed by atoms with E-state index in [2.05, 4.69) is 10.5 Å². The number of hydrogen-bond acceptors (Lipinski definition) is 4. The summed E-state index contributed by atoms with van der Waals surface area (Å²) in [5.74, 6) is 1.65. The monoisotopic (exact) mass is 309 g/mol. The molecule has 22 heavy (non-hydrogen) atoms. The van der Waals surface area contributed by atoms with Crippen molar-refractivity contribution >= 4 is 11.8 Å². The van der Waals surface area contributed by atoms with Crippen molar-refractivity contribution in [2.24, 2.45) is 5.92 Å². The summed E-state index contributed by atoms with van der Waals surface area (Å²) in [6, 6.07) is 1.68. The number of anilines is 1. The minimum Gasteiger partial charge on any atom is -0.381 e. The standard InChI is InChI=1S/C16H27N3O3/c1-5-21-11-12-7-6-8-19(10-12)15(20)17-14-9-13(22-18-14)16(2,3)4/h9,12H,5-8,10-11H2,1-4H3,(H,17,18,20). The van der Waals surface area contributed by atoms with E-state index in [0.29, 0.717) is 11.7 Å². The summed E-state index contributed by atoms with van der Waals surface area (Å²) in [4.78, 5) is 14.2. The van der Waals surface area contributed by atoms with Gasteiger partial charge in [0.2, 0.25) is 0 Å². The molecule has 0 aliphatic carbocycles. The predicted octanol–water partition coefficient (Wildman–Crippen LogP) is 3.25. The van der Waals surface area contributed by atoms with Crippen molar-refractivity contribution in [3.8, 4) is 0 Å². The van der Waals surface area contributed by atoms with Crippen molar-refractivity contribution in [3.05, 3.63) is 11.8 Å². The number of ether oxygens (including phenoxy) is 1. The molecule has 1 saturated heterocycles. The highest BCUT2D eigenvalue weighted by Crippen LogP contribution is 2.25. The summed E-state index contributed by atoms with van der Waals surface area (Å²) in [5.41, 5.74) is -0.121. The van der Waals surface area contributed by atoms with E-state index in [9.17, 15) is 4.79 Å². The van der Waals surface area contributed by atoms with Crippen LogP contribution < -0.4 is 5.32 Å². The van der Waals surface area contributed by atoms with Crippen LogP contribution in [0.25, 0.3) is 0 Å². The van der Waals surface area contributed by atoms with Gasteiger partial charge in [-0.1, -0.05) is 25.9 Å². The number of rotatable bonds is 4. The van der Waals surface area contributed by atoms with Gasteiger partial charge in [0.15, 0.2) is 5.82 Å². The van der Waals surface area contributed by atoms with E-state index >= 15 is 0 Å². The van der Waals surface area contributed by atoms with E-state index in [0.717, 1.165) is 44.9 Å². The molecule has 2 heterocycles. The maximum absolute atomic E-state index is 12.3. The summed E-state index contributed by atoms with van der Waals surface area (Å²) in [7, 11) is 0. The third kappa shape index (κ3) is 4.47. The Morgan fingerprint density at radius 2 is 2.32 bits per heavy atom. The second-order valence-electron chi connectivity index (χ2n) is 6.87. The fourth-order valence-corrected chi connectivity index (χ4v) is 2.55. The van der Waals surface area contributed by atoms with Gasteiger partial charge >= 0.3 is 6.03 Å². The van der Waals surface area contributed by atoms with Gasteiger partial charge in [0.25, 0.3) is 0 Å². The number of nitrogens with zero attached hydrogens (tertiary/aromatic N) is 2. The van der Waals surface area contributed by atoms with Gasteiger partial charge in [0.1, 0.15) is 5.76 Å². The van der Waals surface area contributed by atoms with Gasteiger partial charge in [0.05, 0.1) is 6.61 Å². The van der Waals surface area contributed by atoms with Gasteiger partial charge in [-0.05, 0) is 19.8 Å². The Balaban J connectivity index is 1.90. The molecule has 1 N–H and O–H groups in total. The molecule has 1 fully saturated rings. The molecule has 124 valence electrons. The number of urea groups is 1. The van der Waals surface area contributed by atoms with Gasteiger partial charge in [-0.3, -0.25) is 5.32 Å². The van der Waals surface area contributed by atoms with Crippen molar-refractivity contribution in [1.82, 2.24) is 10.1 Å². The van der Waals surface area contributed by atoms with Crippen LogP contribution in [0.3, 0.4) is 0 Å². The summed E-state index contributed by atoms with van der Waals surface area (Å²) in [6.45, 7) is 11.1. The zero-order valence-electron chi connectivity index (χ0n) is 14.0. The topological polar surface area (TPSA) is 67.6 Å². The SMILES string of the molecule is CCOCC1CCCN(C(=O)Nc2cc(C(C)(C)C)on2)C1. The van der Waals surface area contributed by atoms with Crippen LogP contribution in [0.4, 0.5) is 10.6 Å². The number of amides is 2. The molecule has 6 nitrogen and oxygen atoms in total. The number of likely N-dealkylation sites (tertiary alicyclic amines) is 1. The zero-order chi connectivity index (χ0) is 16.2. The Bertz CT molecular complexity index is 493. The first-order chi connectivity index (χ1) is 10.4. The third-order valence-electron chi connectivity index (χ3n) is 3.85. The minimum absolute atomic E-state index is 0.116. The second-order valence-corrected chi connectivity index (χ2v) is 6.87. The molecule has 1 aliphatic heterocycles. The Morgan fingerprint density at radius 1 is 1.55 bits per heavy atom. The molecule has 2 rings (SSSR count). The van der Waals surface area contributed by atoms with Crippen LogP contribution >= 0.6 is 0 Å². The largest absolute Gasteiger partial charge is 0.381 e. The number of hydrogen-bond donors (Lipinski definition) is 1. The first-order valence-electron chi connectivity index (χ1n) is 8.01. The van der Waals surface area contributed by atoms with Crippen molar-refractivity contribution in [2.45, 2.75) is 46.0 Å². The van der Waals surface area contributed by atoms with Crippen molar-refractivity contribution in [1.29, 1.82) is 0 Å². The molecule has 6 heteroatoms. The summed E-state index contributed by atoms with van der Waals surface area (Å²) < 4.78 is 10.8. The first kappa shape index (κ1) is 16.8. The minimum atomic E-state index is -0.121. The Labute approximate surface area is 132 Å². The van der Waals surface area contributed by atoms with Gasteiger partial charge in [0, 0.05) is 37.1 Å². The number of carbonyl (C=O) groups is 1. The van der Waals surface area contributed by atoms with Crippen molar-refractivity contribution in [2.75, 3.05) is 31.6 Å². The molecular weight excluding hydrogens is 282 g/mol. The van der Waals surface area contributed by atoms with Crippen LogP contribution in [0, 0.1) is 5.92 Å². The van der Waals surface area contributed by atoms with E-state index in [1.54, 1.807) is 6.07 Å². The molecule has 0 radical (unpaired) electrons. The summed E-state index contributed by atoms with van der Waals surface area (Å²) >= 11 is 0. The number of aromatic nitrogens is 1. The lowest BCUT2D eigenvalue weighted by atomic mass is 9.93. The molecule has 1 atom stereocenters. The average molecular weight is 309 g/mol. The number of piperidine rings is 1. The van der Waals surface area contributed by atoms with Crippen LogP contribution in [0.1, 0.15) is 46.3 Å². The highest BCUT2D eigenvalue weighted by molar-refractivity contribution is 5.88. The molecule has 2 amide bonds. The third-order valence-corrected chi connectivity index (χ3v) is 3.85. The van der Waals surface area contributed by atoms with E-state index in [4.69, 9.17) is 9.26 Å². The fourth-order valence-electron chi connectivity index (χ4n) is 2.55. The van der Waals surface area contributed by atoms with Crippen molar-refractivity contribution < 1.29 is 14.1 Å². The highest BCUT2D eigenvalue weighted by atomic mass is 16.5. The molecular formula is C16H27N3O3. The lowest BCUT2D eigenvalue weighted by Crippen LogP contribution is -2.43. The van der Waals surface area contributed by atoms with Gasteiger partial charge in [-0.25, -0.2) is 4.79 Å². The van der Waals surface area contributed by atoms with Crippen LogP contribution in [-0.4, -0.2) is 42.4 Å². The molecule has 0 aromatic carbocycles. The molecule has 1 aliphatic rings. The fraction of sp³-hybridized carbons (Fsp3) is 0.750. The van der Waals surface area contributed by atoms with E-state index in [-0.39, 0.29) is 11.4 Å². The van der Waals surface area contributed by atoms with Crippen LogP contribution in [0.2, 0.25) is 0 Å². The van der Waals surface area contributed by atoms with E-state index in [1.807, 2.05) is 32.6 Å². The van der Waals surface area contributed by atoms with Gasteiger partial charge in [-0.15, -0.1) is 0 Å². The van der Waals surface area contributed by atoms with Crippen molar-refractivity contribution in [3.63, 3.8) is 0 Å². The molecule has 0 saturated carbocycles. The van der Waals surface area contributed by atoms with Crippen LogP contribution in [-0.2, 0) is 10.2 Å². The second kappa shape index (κ2) is 7.13. The van der Waals surface area contributed by atoms with Gasteiger partial charge < -0.3 is 14.2 Å². The maximum atomic E-state index is 12.3.